The van der Waals surface area contributed by atoms with E-state index in [1.807, 2.05) is 48.5 Å². The molecule has 0 bridgehead atoms. The number of fused-ring (bicyclic) bond motifs is 1. The van der Waals surface area contributed by atoms with Crippen molar-refractivity contribution in [2.75, 3.05) is 12.1 Å². The second-order valence-electron chi connectivity index (χ2n) is 8.56. The Bertz CT molecular complexity index is 1330. The fourth-order valence-corrected chi connectivity index (χ4v) is 3.80. The number of hydrogen-bond acceptors (Lipinski definition) is 7. The Kier molecular flexibility index (Phi) is 6.34. The first kappa shape index (κ1) is 22.5. The van der Waals surface area contributed by atoms with Crippen LogP contribution in [0.3, 0.4) is 0 Å². The number of carbonyl (C=O) groups excluding carboxylic acids is 1. The fourth-order valence-electron chi connectivity index (χ4n) is 3.80. The SMILES string of the molecule is CC(C)c1ccc(-c2noc(CNc3ccccc3C(=O)NCc3ccc4c(c3)OCO4)n2)cc1. The zero-order valence-electron chi connectivity index (χ0n) is 19.6. The minimum Gasteiger partial charge on any atom is -0.454 e. The van der Waals surface area contributed by atoms with Gasteiger partial charge >= 0.3 is 0 Å². The molecule has 0 aliphatic carbocycles. The number of ether oxygens (including phenoxy) is 2. The van der Waals surface area contributed by atoms with Gasteiger partial charge in [-0.05, 0) is 41.3 Å². The van der Waals surface area contributed by atoms with Crippen molar-refractivity contribution in [3.8, 4) is 22.9 Å². The molecule has 0 saturated heterocycles. The van der Waals surface area contributed by atoms with Crippen molar-refractivity contribution in [1.82, 2.24) is 15.5 Å². The van der Waals surface area contributed by atoms with Gasteiger partial charge in [0.1, 0.15) is 0 Å². The van der Waals surface area contributed by atoms with Crippen LogP contribution >= 0.6 is 0 Å². The van der Waals surface area contributed by atoms with Crippen LogP contribution in [0.25, 0.3) is 11.4 Å². The van der Waals surface area contributed by atoms with Gasteiger partial charge in [0.15, 0.2) is 11.5 Å². The minimum atomic E-state index is -0.192. The van der Waals surface area contributed by atoms with Crippen molar-refractivity contribution in [3.05, 3.63) is 89.3 Å². The van der Waals surface area contributed by atoms with Crippen LogP contribution < -0.4 is 20.1 Å². The number of benzene rings is 3. The lowest BCUT2D eigenvalue weighted by Gasteiger charge is -2.11. The van der Waals surface area contributed by atoms with Gasteiger partial charge in [-0.2, -0.15) is 4.98 Å². The van der Waals surface area contributed by atoms with E-state index in [1.165, 1.54) is 5.56 Å². The van der Waals surface area contributed by atoms with E-state index in [2.05, 4.69) is 46.8 Å². The van der Waals surface area contributed by atoms with Gasteiger partial charge in [0.2, 0.25) is 18.5 Å². The third-order valence-corrected chi connectivity index (χ3v) is 5.80. The van der Waals surface area contributed by atoms with Gasteiger partial charge in [-0.25, -0.2) is 0 Å². The Morgan fingerprint density at radius 1 is 0.971 bits per heavy atom. The van der Waals surface area contributed by atoms with Crippen LogP contribution in [-0.4, -0.2) is 22.8 Å². The normalized spacial score (nSPS) is 12.1. The molecule has 5 rings (SSSR count). The predicted octanol–water partition coefficient (Wildman–Crippen LogP) is 5.13. The van der Waals surface area contributed by atoms with Gasteiger partial charge in [-0.15, -0.1) is 0 Å². The molecule has 0 fully saturated rings. The number of aromatic nitrogens is 2. The smallest absolute Gasteiger partial charge is 0.253 e. The molecule has 1 aliphatic heterocycles. The fraction of sp³-hybridized carbons (Fsp3) is 0.222. The van der Waals surface area contributed by atoms with Crippen LogP contribution in [0.15, 0.2) is 71.3 Å². The highest BCUT2D eigenvalue weighted by atomic mass is 16.7. The minimum absolute atomic E-state index is 0.192. The largest absolute Gasteiger partial charge is 0.454 e. The molecule has 3 aromatic carbocycles. The summed E-state index contributed by atoms with van der Waals surface area (Å²) >= 11 is 0. The molecule has 8 heteroatoms. The number of rotatable bonds is 8. The quantitative estimate of drug-likeness (QED) is 0.368. The summed E-state index contributed by atoms with van der Waals surface area (Å²) in [7, 11) is 0. The van der Waals surface area contributed by atoms with Gasteiger partial charge in [0, 0.05) is 17.8 Å². The Hall–Kier alpha value is -4.33. The molecule has 2 N–H and O–H groups in total. The Morgan fingerprint density at radius 2 is 1.77 bits per heavy atom. The maximum atomic E-state index is 12.9. The number of nitrogens with zero attached hydrogens (tertiary/aromatic N) is 2. The lowest BCUT2D eigenvalue weighted by atomic mass is 10.0. The van der Waals surface area contributed by atoms with Crippen LogP contribution in [0.2, 0.25) is 0 Å². The molecule has 178 valence electrons. The summed E-state index contributed by atoms with van der Waals surface area (Å²) in [4.78, 5) is 17.4. The predicted molar refractivity (Wildman–Crippen MR) is 131 cm³/mol. The molecule has 1 aromatic heterocycles. The van der Waals surface area contributed by atoms with Crippen molar-refractivity contribution < 1.29 is 18.8 Å². The van der Waals surface area contributed by atoms with Crippen molar-refractivity contribution in [3.63, 3.8) is 0 Å². The number of amides is 1. The van der Waals surface area contributed by atoms with Gasteiger partial charge in [0.05, 0.1) is 12.1 Å². The summed E-state index contributed by atoms with van der Waals surface area (Å²) in [6.45, 7) is 5.19. The van der Waals surface area contributed by atoms with Crippen molar-refractivity contribution in [2.24, 2.45) is 0 Å². The summed E-state index contributed by atoms with van der Waals surface area (Å²) in [5.41, 5.74) is 4.28. The summed E-state index contributed by atoms with van der Waals surface area (Å²) in [6, 6.07) is 21.1. The number of hydrogen-bond donors (Lipinski definition) is 2. The molecule has 0 spiro atoms. The monoisotopic (exact) mass is 470 g/mol. The molecular formula is C27H26N4O4. The van der Waals surface area contributed by atoms with E-state index in [0.29, 0.717) is 53.5 Å². The first-order valence-corrected chi connectivity index (χ1v) is 11.5. The van der Waals surface area contributed by atoms with E-state index >= 15 is 0 Å². The van der Waals surface area contributed by atoms with Crippen LogP contribution in [0.5, 0.6) is 11.5 Å². The third-order valence-electron chi connectivity index (χ3n) is 5.80. The van der Waals surface area contributed by atoms with E-state index in [-0.39, 0.29) is 12.7 Å². The molecule has 0 atom stereocenters. The van der Waals surface area contributed by atoms with Gasteiger partial charge < -0.3 is 24.6 Å². The first-order valence-electron chi connectivity index (χ1n) is 11.5. The summed E-state index contributed by atoms with van der Waals surface area (Å²) in [5, 5.41) is 10.3. The first-order chi connectivity index (χ1) is 17.1. The van der Waals surface area contributed by atoms with E-state index in [9.17, 15) is 4.79 Å². The highest BCUT2D eigenvalue weighted by molar-refractivity contribution is 5.99. The lowest BCUT2D eigenvalue weighted by molar-refractivity contribution is 0.0951. The van der Waals surface area contributed by atoms with E-state index in [1.54, 1.807) is 6.07 Å². The number of anilines is 1. The maximum Gasteiger partial charge on any atom is 0.253 e. The molecule has 8 nitrogen and oxygen atoms in total. The van der Waals surface area contributed by atoms with E-state index < -0.39 is 0 Å². The average molecular weight is 471 g/mol. The molecule has 1 aliphatic rings. The number of nitrogens with one attached hydrogen (secondary N) is 2. The highest BCUT2D eigenvalue weighted by Gasteiger charge is 2.16. The average Bonchev–Trinajstić information content (AvgIpc) is 3.55. The molecule has 4 aromatic rings. The van der Waals surface area contributed by atoms with Gasteiger partial charge in [-0.1, -0.05) is 61.5 Å². The zero-order chi connectivity index (χ0) is 24.2. The lowest BCUT2D eigenvalue weighted by Crippen LogP contribution is -2.24. The summed E-state index contributed by atoms with van der Waals surface area (Å²) in [5.74, 6) is 2.64. The standard InChI is InChI=1S/C27H26N4O4/c1-17(2)19-8-10-20(11-9-19)26-30-25(35-31-26)15-28-22-6-4-3-5-21(22)27(32)29-14-18-7-12-23-24(13-18)34-16-33-23/h3-13,17,28H,14-16H2,1-2H3,(H,29,32). The van der Waals surface area contributed by atoms with Crippen LogP contribution in [-0.2, 0) is 13.1 Å². The Morgan fingerprint density at radius 3 is 2.60 bits per heavy atom. The van der Waals surface area contributed by atoms with E-state index in [4.69, 9.17) is 14.0 Å². The van der Waals surface area contributed by atoms with Crippen molar-refractivity contribution in [1.29, 1.82) is 0 Å². The molecule has 0 unspecified atom stereocenters. The van der Waals surface area contributed by atoms with Crippen molar-refractivity contribution >= 4 is 11.6 Å². The second kappa shape index (κ2) is 9.89. The summed E-state index contributed by atoms with van der Waals surface area (Å²) < 4.78 is 16.1. The van der Waals surface area contributed by atoms with Gasteiger partial charge in [-0.3, -0.25) is 4.79 Å². The second-order valence-corrected chi connectivity index (χ2v) is 8.56. The van der Waals surface area contributed by atoms with Crippen LogP contribution in [0.4, 0.5) is 5.69 Å². The molecule has 2 heterocycles. The molecule has 35 heavy (non-hydrogen) atoms. The molecular weight excluding hydrogens is 444 g/mol. The number of carbonyl (C=O) groups is 1. The third kappa shape index (κ3) is 5.11. The number of para-hydroxylation sites is 1. The maximum absolute atomic E-state index is 12.9. The molecule has 0 radical (unpaired) electrons. The molecule has 0 saturated carbocycles. The highest BCUT2D eigenvalue weighted by Crippen LogP contribution is 2.32. The van der Waals surface area contributed by atoms with Crippen LogP contribution in [0.1, 0.15) is 47.1 Å². The van der Waals surface area contributed by atoms with Gasteiger partial charge in [0.25, 0.3) is 5.91 Å². The van der Waals surface area contributed by atoms with Crippen LogP contribution in [0, 0.1) is 0 Å². The topological polar surface area (TPSA) is 98.5 Å². The Balaban J connectivity index is 1.21. The zero-order valence-corrected chi connectivity index (χ0v) is 19.6. The molecule has 1 amide bonds. The Labute approximate surface area is 203 Å². The van der Waals surface area contributed by atoms with E-state index in [0.717, 1.165) is 11.1 Å². The summed E-state index contributed by atoms with van der Waals surface area (Å²) in [6.07, 6.45) is 0. The van der Waals surface area contributed by atoms with Crippen molar-refractivity contribution in [2.45, 2.75) is 32.9 Å².